The minimum Gasteiger partial charge on any atom is -0.457 e. The number of carbonyl (C=O) groups is 1. The molecule has 0 heterocycles. The molecule has 0 fully saturated rings. The molecule has 0 aliphatic rings. The lowest BCUT2D eigenvalue weighted by Crippen LogP contribution is -2.37. The van der Waals surface area contributed by atoms with Crippen LogP contribution in [0.3, 0.4) is 0 Å². The summed E-state index contributed by atoms with van der Waals surface area (Å²) in [7, 11) is 1.69. The second-order valence-electron chi connectivity index (χ2n) is 20.0. The lowest BCUT2D eigenvalue weighted by molar-refractivity contribution is -0.870. The van der Waals surface area contributed by atoms with Gasteiger partial charge in [0.2, 0.25) is 0 Å². The maximum Gasteiger partial charge on any atom is 0.472 e. The van der Waals surface area contributed by atoms with Crippen molar-refractivity contribution in [3.05, 3.63) is 0 Å². The molecule has 0 aliphatic heterocycles. The van der Waals surface area contributed by atoms with Crippen molar-refractivity contribution in [1.29, 1.82) is 0 Å². The van der Waals surface area contributed by atoms with Gasteiger partial charge in [0.15, 0.2) is 0 Å². The molecule has 0 amide bonds. The molecule has 1 N–H and O–H groups in total. The number of ether oxygens (including phenoxy) is 2. The molecule has 0 radical (unpaired) electrons. The van der Waals surface area contributed by atoms with Crippen molar-refractivity contribution in [3.63, 3.8) is 0 Å². The van der Waals surface area contributed by atoms with E-state index in [1.165, 1.54) is 225 Å². The van der Waals surface area contributed by atoms with E-state index in [4.69, 9.17) is 18.5 Å². The average molecular weight is 903 g/mol. The molecule has 0 saturated carbocycles. The quantitative estimate of drug-likeness (QED) is 0.0281. The second-order valence-corrected chi connectivity index (χ2v) is 21.4. The Kier molecular flexibility index (Phi) is 46.6. The number of hydrogen-bond donors (Lipinski definition) is 1. The van der Waals surface area contributed by atoms with E-state index in [9.17, 15) is 14.3 Å². The van der Waals surface area contributed by atoms with E-state index < -0.39 is 13.9 Å². The Labute approximate surface area is 387 Å². The molecule has 0 saturated heterocycles. The third kappa shape index (κ3) is 50.5. The minimum absolute atomic E-state index is 0.0942. The lowest BCUT2D eigenvalue weighted by atomic mass is 10.0. The van der Waals surface area contributed by atoms with Crippen LogP contribution >= 0.6 is 7.82 Å². The molecule has 372 valence electrons. The topological polar surface area (TPSA) is 91.3 Å². The molecule has 0 aliphatic carbocycles. The molecule has 9 heteroatoms. The number of phosphoric ester groups is 1. The van der Waals surface area contributed by atoms with Gasteiger partial charge in [-0.25, -0.2) is 4.57 Å². The van der Waals surface area contributed by atoms with Crippen LogP contribution in [0.4, 0.5) is 0 Å². The molecule has 0 rings (SSSR count). The first-order valence-corrected chi connectivity index (χ1v) is 28.8. The molecule has 8 nitrogen and oxygen atoms in total. The van der Waals surface area contributed by atoms with E-state index in [0.717, 1.165) is 32.1 Å². The number of nitrogens with zero attached hydrogens (tertiary/aromatic N) is 1. The first-order valence-electron chi connectivity index (χ1n) is 27.3. The van der Waals surface area contributed by atoms with Crippen molar-refractivity contribution in [3.8, 4) is 0 Å². The van der Waals surface area contributed by atoms with Gasteiger partial charge in [-0.05, 0) is 12.8 Å². The van der Waals surface area contributed by atoms with Gasteiger partial charge in [-0.15, -0.1) is 0 Å². The SMILES string of the molecule is CCCCCCCCCCCCCCCCCCCCCCCCCCCCC(=O)O[C@H](COCCCCCCCCCCCCCCCC)COP(=O)(O)OCC[N+](C)(C)C. The Hall–Kier alpha value is -0.500. The summed E-state index contributed by atoms with van der Waals surface area (Å²) in [5.74, 6) is -0.304. The highest BCUT2D eigenvalue weighted by molar-refractivity contribution is 7.47. The molecular formula is C53H109NO7P+. The summed E-state index contributed by atoms with van der Waals surface area (Å²) in [4.78, 5) is 23.0. The Morgan fingerprint density at radius 1 is 0.435 bits per heavy atom. The van der Waals surface area contributed by atoms with Crippen LogP contribution in [-0.4, -0.2) is 75.6 Å². The average Bonchev–Trinajstić information content (AvgIpc) is 3.23. The zero-order chi connectivity index (χ0) is 45.5. The number of esters is 1. The van der Waals surface area contributed by atoms with Crippen LogP contribution in [0, 0.1) is 0 Å². The van der Waals surface area contributed by atoms with Crippen molar-refractivity contribution in [1.82, 2.24) is 0 Å². The minimum atomic E-state index is -4.27. The van der Waals surface area contributed by atoms with Crippen LogP contribution in [0.2, 0.25) is 0 Å². The molecule has 1 unspecified atom stereocenters. The molecule has 0 aromatic heterocycles. The summed E-state index contributed by atoms with van der Waals surface area (Å²) < 4.78 is 35.2. The fourth-order valence-electron chi connectivity index (χ4n) is 8.20. The van der Waals surface area contributed by atoms with Crippen LogP contribution in [0.15, 0.2) is 0 Å². The number of hydrogen-bond acceptors (Lipinski definition) is 6. The van der Waals surface area contributed by atoms with Crippen LogP contribution < -0.4 is 0 Å². The number of likely N-dealkylation sites (N-methyl/N-ethyl adjacent to an activating group) is 1. The maximum absolute atomic E-state index is 12.8. The number of quaternary nitrogens is 1. The van der Waals surface area contributed by atoms with Gasteiger partial charge in [0.1, 0.15) is 19.3 Å². The summed E-state index contributed by atoms with van der Waals surface area (Å²) in [5, 5.41) is 0. The fourth-order valence-corrected chi connectivity index (χ4v) is 8.95. The van der Waals surface area contributed by atoms with Gasteiger partial charge in [-0.2, -0.15) is 0 Å². The van der Waals surface area contributed by atoms with E-state index in [0.29, 0.717) is 24.1 Å². The molecule has 2 atom stereocenters. The fraction of sp³-hybridized carbons (Fsp3) is 0.981. The largest absolute Gasteiger partial charge is 0.472 e. The summed E-state index contributed by atoms with van der Waals surface area (Å²) in [6, 6.07) is 0. The summed E-state index contributed by atoms with van der Waals surface area (Å²) in [5.41, 5.74) is 0. The molecule has 0 bridgehead atoms. The Balaban J connectivity index is 3.97. The van der Waals surface area contributed by atoms with Gasteiger partial charge >= 0.3 is 13.8 Å². The van der Waals surface area contributed by atoms with Gasteiger partial charge in [-0.1, -0.05) is 258 Å². The van der Waals surface area contributed by atoms with E-state index in [-0.39, 0.29) is 25.8 Å². The summed E-state index contributed by atoms with van der Waals surface area (Å²) in [6.45, 7) is 5.71. The highest BCUT2D eigenvalue weighted by Crippen LogP contribution is 2.43. The van der Waals surface area contributed by atoms with Crippen molar-refractivity contribution in [2.75, 3.05) is 54.1 Å². The predicted octanol–water partition coefficient (Wildman–Crippen LogP) is 16.8. The van der Waals surface area contributed by atoms with Gasteiger partial charge in [0.25, 0.3) is 0 Å². The number of rotatable bonds is 52. The molecule has 62 heavy (non-hydrogen) atoms. The molecule has 0 aromatic carbocycles. The van der Waals surface area contributed by atoms with E-state index in [2.05, 4.69) is 13.8 Å². The molecular weight excluding hydrogens is 794 g/mol. The number of carbonyl (C=O) groups excluding carboxylic acids is 1. The normalized spacial score (nSPS) is 13.5. The van der Waals surface area contributed by atoms with Crippen molar-refractivity contribution >= 4 is 13.8 Å². The third-order valence-electron chi connectivity index (χ3n) is 12.4. The third-order valence-corrected chi connectivity index (χ3v) is 13.4. The molecule has 0 aromatic rings. The van der Waals surface area contributed by atoms with Crippen molar-refractivity contribution < 1.29 is 37.3 Å². The van der Waals surface area contributed by atoms with Gasteiger partial charge in [0.05, 0.1) is 34.4 Å². The van der Waals surface area contributed by atoms with Crippen LogP contribution in [0.5, 0.6) is 0 Å². The first-order chi connectivity index (χ1) is 30.1. The van der Waals surface area contributed by atoms with Crippen LogP contribution in [0.1, 0.15) is 277 Å². The van der Waals surface area contributed by atoms with Gasteiger partial charge in [-0.3, -0.25) is 13.8 Å². The van der Waals surface area contributed by atoms with Gasteiger partial charge in [0, 0.05) is 13.0 Å². The second kappa shape index (κ2) is 47.0. The smallest absolute Gasteiger partial charge is 0.457 e. The molecule has 0 spiro atoms. The predicted molar refractivity (Wildman–Crippen MR) is 266 cm³/mol. The standard InChI is InChI=1S/C53H108NO7P/c1-6-8-10-12-14-16-18-20-22-23-24-25-26-27-28-29-30-31-32-33-34-36-38-40-42-44-46-53(55)61-52(51-60-62(56,57)59-49-47-54(3,4)5)50-58-48-45-43-41-39-37-35-21-19-17-15-13-11-9-7-2/h52H,6-51H2,1-5H3/p+1/t52-/m1/s1. The van der Waals surface area contributed by atoms with Gasteiger partial charge < -0.3 is 18.9 Å². The monoisotopic (exact) mass is 903 g/mol. The first kappa shape index (κ1) is 61.5. The van der Waals surface area contributed by atoms with Crippen LogP contribution in [0.25, 0.3) is 0 Å². The number of unbranched alkanes of at least 4 members (excludes halogenated alkanes) is 38. The number of phosphoric acid groups is 1. The zero-order valence-electron chi connectivity index (χ0n) is 42.4. The van der Waals surface area contributed by atoms with E-state index in [1.54, 1.807) is 0 Å². The zero-order valence-corrected chi connectivity index (χ0v) is 43.3. The van der Waals surface area contributed by atoms with Crippen molar-refractivity contribution in [2.45, 2.75) is 283 Å². The van der Waals surface area contributed by atoms with Crippen LogP contribution in [-0.2, 0) is 27.9 Å². The highest BCUT2D eigenvalue weighted by Gasteiger charge is 2.26. The summed E-state index contributed by atoms with van der Waals surface area (Å²) >= 11 is 0. The summed E-state index contributed by atoms with van der Waals surface area (Å²) in [6.07, 6.45) is 53.0. The van der Waals surface area contributed by atoms with E-state index >= 15 is 0 Å². The Morgan fingerprint density at radius 2 is 0.742 bits per heavy atom. The van der Waals surface area contributed by atoms with E-state index in [1.807, 2.05) is 21.1 Å². The highest BCUT2D eigenvalue weighted by atomic mass is 31.2. The maximum atomic E-state index is 12.8. The Bertz CT molecular complexity index is 961. The lowest BCUT2D eigenvalue weighted by Gasteiger charge is -2.24. The Morgan fingerprint density at radius 3 is 1.06 bits per heavy atom. The van der Waals surface area contributed by atoms with Crippen molar-refractivity contribution in [2.24, 2.45) is 0 Å².